The van der Waals surface area contributed by atoms with Crippen LogP contribution in [-0.2, 0) is 27.2 Å². The topological polar surface area (TPSA) is 132 Å². The number of carbonyl (C=O) groups excluding carboxylic acids is 4. The van der Waals surface area contributed by atoms with E-state index in [0.717, 1.165) is 34.6 Å². The summed E-state index contributed by atoms with van der Waals surface area (Å²) in [5.41, 5.74) is 4.15. The van der Waals surface area contributed by atoms with Crippen LogP contribution in [0.2, 0.25) is 0 Å². The molecule has 0 bridgehead atoms. The zero-order valence-corrected chi connectivity index (χ0v) is 33.9. The number of esters is 1. The minimum absolute atomic E-state index is 0.00563. The third kappa shape index (κ3) is 10.1. The second-order valence-corrected chi connectivity index (χ2v) is 15.6. The zero-order chi connectivity index (χ0) is 40.3. The molecule has 10 nitrogen and oxygen atoms in total. The van der Waals surface area contributed by atoms with Crippen LogP contribution in [0.4, 0.5) is 10.7 Å². The molecule has 5 aromatic rings. The number of hydrogen-bond donors (Lipinski definition) is 3. The van der Waals surface area contributed by atoms with Crippen LogP contribution in [0.15, 0.2) is 114 Å². The first-order valence-electron chi connectivity index (χ1n) is 18.8. The normalized spacial score (nSPS) is 14.1. The number of ether oxygens (including phenoxy) is 3. The van der Waals surface area contributed by atoms with Gasteiger partial charge in [-0.05, 0) is 104 Å². The summed E-state index contributed by atoms with van der Waals surface area (Å²) in [6, 6.07) is 31.3. The van der Waals surface area contributed by atoms with Gasteiger partial charge in [-0.1, -0.05) is 67.6 Å². The molecule has 0 saturated heterocycles. The van der Waals surface area contributed by atoms with Crippen LogP contribution in [0.1, 0.15) is 74.9 Å². The predicted octanol–water partition coefficient (Wildman–Crippen LogP) is 9.13. The van der Waals surface area contributed by atoms with Gasteiger partial charge in [0, 0.05) is 21.0 Å². The summed E-state index contributed by atoms with van der Waals surface area (Å²) in [6.07, 6.45) is 4.48. The van der Waals surface area contributed by atoms with Gasteiger partial charge in [-0.2, -0.15) is 0 Å². The molecule has 3 amide bonds. The monoisotopic (exact) mass is 803 g/mol. The Morgan fingerprint density at radius 3 is 2.30 bits per heavy atom. The van der Waals surface area contributed by atoms with E-state index in [9.17, 15) is 19.2 Å². The van der Waals surface area contributed by atoms with E-state index < -0.39 is 23.0 Å². The quantitative estimate of drug-likeness (QED) is 0.0543. The molecule has 12 heteroatoms. The van der Waals surface area contributed by atoms with Crippen molar-refractivity contribution >= 4 is 63.6 Å². The average Bonchev–Trinajstić information content (AvgIpc) is 3.60. The van der Waals surface area contributed by atoms with Crippen LogP contribution in [-0.4, -0.2) is 49.8 Å². The van der Waals surface area contributed by atoms with E-state index in [1.54, 1.807) is 79.7 Å². The molecule has 3 N–H and O–H groups in total. The lowest BCUT2D eigenvalue weighted by Crippen LogP contribution is -2.30. The number of thioether (sulfide) groups is 1. The number of methoxy groups -OCH3 is 2. The summed E-state index contributed by atoms with van der Waals surface area (Å²) in [7, 11) is 3.05. The lowest BCUT2D eigenvalue weighted by molar-refractivity contribution is -0.116. The van der Waals surface area contributed by atoms with Gasteiger partial charge in [0.2, 0.25) is 5.91 Å². The van der Waals surface area contributed by atoms with Crippen molar-refractivity contribution in [2.45, 2.75) is 55.6 Å². The van der Waals surface area contributed by atoms with Gasteiger partial charge in [0.05, 0.1) is 31.6 Å². The largest absolute Gasteiger partial charge is 0.493 e. The van der Waals surface area contributed by atoms with Crippen LogP contribution in [0.3, 0.4) is 0 Å². The molecular formula is C45H45N3O7S2. The molecule has 4 aromatic carbocycles. The standard InChI is InChI=1S/C45H45N3O7S2/c1-5-38(43(51)48-44-40(45(52)55-6-2)34-22-21-31(26-39(34)57-44)29-14-9-7-10-15-29)56-33-19-13-18-32(27-33)46-42(50)35(47-41(49)30-16-11-8-12-17-30)24-28-20-23-36(53-3)37(25-28)54-4/h7-20,23-25,27,31,38H,5-6,21-22,26H2,1-4H3,(H,46,50)(H,47,49)(H,48,51)/b35-24+. The summed E-state index contributed by atoms with van der Waals surface area (Å²) in [4.78, 5) is 56.0. The van der Waals surface area contributed by atoms with Crippen LogP contribution in [0, 0.1) is 0 Å². The number of hydrogen-bond acceptors (Lipinski definition) is 9. The van der Waals surface area contributed by atoms with E-state index in [1.807, 2.05) is 31.2 Å². The molecule has 294 valence electrons. The van der Waals surface area contributed by atoms with Gasteiger partial charge in [0.25, 0.3) is 11.8 Å². The van der Waals surface area contributed by atoms with Crippen molar-refractivity contribution in [2.24, 2.45) is 0 Å². The van der Waals surface area contributed by atoms with Gasteiger partial charge in [0.1, 0.15) is 10.7 Å². The predicted molar refractivity (Wildman–Crippen MR) is 227 cm³/mol. The summed E-state index contributed by atoms with van der Waals surface area (Å²) >= 11 is 2.81. The third-order valence-electron chi connectivity index (χ3n) is 9.53. The van der Waals surface area contributed by atoms with Crippen molar-refractivity contribution in [2.75, 3.05) is 31.5 Å². The smallest absolute Gasteiger partial charge is 0.341 e. The van der Waals surface area contributed by atoms with Crippen molar-refractivity contribution in [1.29, 1.82) is 0 Å². The Kier molecular flexibility index (Phi) is 13.8. The number of rotatable bonds is 15. The van der Waals surface area contributed by atoms with E-state index >= 15 is 0 Å². The second kappa shape index (κ2) is 19.3. The molecule has 0 saturated carbocycles. The van der Waals surface area contributed by atoms with Crippen LogP contribution < -0.4 is 25.4 Å². The van der Waals surface area contributed by atoms with Crippen LogP contribution in [0.5, 0.6) is 11.5 Å². The summed E-state index contributed by atoms with van der Waals surface area (Å²) < 4.78 is 16.3. The molecule has 1 aromatic heterocycles. The van der Waals surface area contributed by atoms with Crippen LogP contribution >= 0.6 is 23.1 Å². The van der Waals surface area contributed by atoms with Gasteiger partial charge < -0.3 is 30.2 Å². The first-order valence-corrected chi connectivity index (χ1v) is 20.5. The Morgan fingerprint density at radius 1 is 0.860 bits per heavy atom. The highest BCUT2D eigenvalue weighted by Gasteiger charge is 2.32. The van der Waals surface area contributed by atoms with Gasteiger partial charge in [-0.3, -0.25) is 14.4 Å². The van der Waals surface area contributed by atoms with E-state index in [-0.39, 0.29) is 18.2 Å². The number of nitrogens with one attached hydrogen (secondary N) is 3. The molecule has 0 fully saturated rings. The summed E-state index contributed by atoms with van der Waals surface area (Å²) in [6.45, 7) is 3.94. The maximum absolute atomic E-state index is 13.9. The molecule has 2 unspecified atom stereocenters. The number of thiophene rings is 1. The van der Waals surface area contributed by atoms with Crippen molar-refractivity contribution < 1.29 is 33.4 Å². The second-order valence-electron chi connectivity index (χ2n) is 13.3. The fourth-order valence-corrected chi connectivity index (χ4v) is 9.01. The molecule has 1 heterocycles. The Bertz CT molecular complexity index is 2260. The average molecular weight is 804 g/mol. The minimum Gasteiger partial charge on any atom is -0.493 e. The van der Waals surface area contributed by atoms with E-state index in [0.29, 0.717) is 51.2 Å². The third-order valence-corrected chi connectivity index (χ3v) is 12.1. The number of amides is 3. The highest BCUT2D eigenvalue weighted by molar-refractivity contribution is 8.00. The Balaban J connectivity index is 1.19. The number of fused-ring (bicyclic) bond motifs is 1. The Hall–Kier alpha value is -5.85. The molecule has 6 rings (SSSR count). The van der Waals surface area contributed by atoms with Gasteiger partial charge in [-0.15, -0.1) is 23.1 Å². The number of anilines is 2. The van der Waals surface area contributed by atoms with Gasteiger partial charge >= 0.3 is 5.97 Å². The molecule has 57 heavy (non-hydrogen) atoms. The molecule has 0 aliphatic heterocycles. The molecule has 0 radical (unpaired) electrons. The minimum atomic E-state index is -0.552. The lowest BCUT2D eigenvalue weighted by Gasteiger charge is -2.23. The van der Waals surface area contributed by atoms with Gasteiger partial charge in [-0.25, -0.2) is 4.79 Å². The highest BCUT2D eigenvalue weighted by atomic mass is 32.2. The summed E-state index contributed by atoms with van der Waals surface area (Å²) in [5.74, 6) is -0.340. The first kappa shape index (κ1) is 40.8. The van der Waals surface area contributed by atoms with E-state index in [1.165, 1.54) is 42.9 Å². The van der Waals surface area contributed by atoms with Crippen molar-refractivity contribution in [3.05, 3.63) is 142 Å². The fraction of sp³-hybridized carbons (Fsp3) is 0.244. The van der Waals surface area contributed by atoms with E-state index in [2.05, 4.69) is 28.1 Å². The van der Waals surface area contributed by atoms with Crippen molar-refractivity contribution in [3.8, 4) is 11.5 Å². The molecule has 1 aliphatic rings. The summed E-state index contributed by atoms with van der Waals surface area (Å²) in [5, 5.41) is 8.76. The highest BCUT2D eigenvalue weighted by Crippen LogP contribution is 2.43. The maximum Gasteiger partial charge on any atom is 0.341 e. The first-order chi connectivity index (χ1) is 27.7. The Labute approximate surface area is 341 Å². The van der Waals surface area contributed by atoms with Crippen molar-refractivity contribution in [1.82, 2.24) is 5.32 Å². The van der Waals surface area contributed by atoms with Crippen molar-refractivity contribution in [3.63, 3.8) is 0 Å². The fourth-order valence-electron chi connectivity index (χ4n) is 6.68. The number of carbonyl (C=O) groups is 4. The van der Waals surface area contributed by atoms with E-state index in [4.69, 9.17) is 14.2 Å². The lowest BCUT2D eigenvalue weighted by atomic mass is 9.83. The molecule has 1 aliphatic carbocycles. The molecule has 2 atom stereocenters. The molecular weight excluding hydrogens is 759 g/mol. The Morgan fingerprint density at radius 2 is 1.60 bits per heavy atom. The van der Waals surface area contributed by atoms with Crippen LogP contribution in [0.25, 0.3) is 6.08 Å². The molecule has 0 spiro atoms. The number of benzene rings is 4. The SMILES string of the molecule is CCOC(=O)c1c(NC(=O)C(CC)Sc2cccc(NC(=O)/C(=C\c3ccc(OC)c(OC)c3)NC(=O)c3ccccc3)c2)sc2c1CCC(c1ccccc1)C2. The van der Waals surface area contributed by atoms with Gasteiger partial charge in [0.15, 0.2) is 11.5 Å². The maximum atomic E-state index is 13.9. The zero-order valence-electron chi connectivity index (χ0n) is 32.3.